The minimum absolute atomic E-state index is 0.272. The summed E-state index contributed by atoms with van der Waals surface area (Å²) in [5.74, 6) is 0. The second-order valence-corrected chi connectivity index (χ2v) is 6.88. The van der Waals surface area contributed by atoms with Crippen LogP contribution in [0.2, 0.25) is 0 Å². The van der Waals surface area contributed by atoms with E-state index in [9.17, 15) is 0 Å². The molecule has 1 aliphatic heterocycles. The first-order valence-electron chi connectivity index (χ1n) is 8.67. The Morgan fingerprint density at radius 3 is 2.40 bits per heavy atom. The van der Waals surface area contributed by atoms with Crippen molar-refractivity contribution in [2.45, 2.75) is 20.0 Å². The largest absolute Gasteiger partial charge is 0.453 e. The Hall–Kier alpha value is -2.94. The Bertz CT molecular complexity index is 1160. The van der Waals surface area contributed by atoms with Crippen molar-refractivity contribution in [1.82, 2.24) is 4.90 Å². The van der Waals surface area contributed by atoms with E-state index in [2.05, 4.69) is 91.6 Å². The average Bonchev–Trinajstić information content (AvgIpc) is 3.16. The van der Waals surface area contributed by atoms with Crippen LogP contribution >= 0.6 is 0 Å². The number of aryl methyl sites for hydroxylation is 1. The molecule has 1 aromatic heterocycles. The zero-order valence-electron chi connectivity index (χ0n) is 14.7. The van der Waals surface area contributed by atoms with Gasteiger partial charge in [-0.1, -0.05) is 42.5 Å². The molecule has 124 valence electrons. The molecule has 0 radical (unpaired) electrons. The summed E-state index contributed by atoms with van der Waals surface area (Å²) in [5.41, 5.74) is 4.33. The van der Waals surface area contributed by atoms with Gasteiger partial charge in [0.15, 0.2) is 5.58 Å². The smallest absolute Gasteiger partial charge is 0.159 e. The Balaban J connectivity index is 1.88. The molecule has 5 rings (SSSR count). The van der Waals surface area contributed by atoms with Crippen LogP contribution in [0.3, 0.4) is 0 Å². The van der Waals surface area contributed by atoms with Crippen molar-refractivity contribution in [2.75, 3.05) is 11.9 Å². The summed E-state index contributed by atoms with van der Waals surface area (Å²) in [5, 5.41) is 4.74. The van der Waals surface area contributed by atoms with Crippen molar-refractivity contribution in [3.63, 3.8) is 0 Å². The number of furan rings is 1. The molecule has 0 fully saturated rings. The summed E-state index contributed by atoms with van der Waals surface area (Å²) >= 11 is 0. The molecule has 3 aromatic carbocycles. The van der Waals surface area contributed by atoms with Gasteiger partial charge in [-0.15, -0.1) is 0 Å². The maximum atomic E-state index is 6.48. The highest BCUT2D eigenvalue weighted by atomic mass is 16.3. The van der Waals surface area contributed by atoms with Crippen LogP contribution in [-0.4, -0.2) is 18.1 Å². The van der Waals surface area contributed by atoms with Gasteiger partial charge in [-0.2, -0.15) is 0 Å². The van der Waals surface area contributed by atoms with E-state index < -0.39 is 0 Å². The van der Waals surface area contributed by atoms with Crippen LogP contribution in [0.15, 0.2) is 65.3 Å². The maximum Gasteiger partial charge on any atom is 0.159 e. The lowest BCUT2D eigenvalue weighted by Gasteiger charge is -2.28. The molecule has 0 N–H and O–H groups in total. The van der Waals surface area contributed by atoms with E-state index in [1.54, 1.807) is 0 Å². The van der Waals surface area contributed by atoms with Gasteiger partial charge in [0.2, 0.25) is 0 Å². The molecule has 25 heavy (non-hydrogen) atoms. The number of anilines is 1. The summed E-state index contributed by atoms with van der Waals surface area (Å²) in [6.07, 6.45) is 4.52. The number of hydrogen-bond acceptors (Lipinski definition) is 3. The highest BCUT2D eigenvalue weighted by Crippen LogP contribution is 2.41. The van der Waals surface area contributed by atoms with Gasteiger partial charge in [-0.05, 0) is 30.9 Å². The minimum atomic E-state index is 0.272. The number of benzene rings is 3. The quantitative estimate of drug-likeness (QED) is 0.452. The van der Waals surface area contributed by atoms with E-state index in [1.165, 1.54) is 27.1 Å². The van der Waals surface area contributed by atoms with Gasteiger partial charge in [0.05, 0.1) is 5.69 Å². The monoisotopic (exact) mass is 328 g/mol. The molecule has 0 bridgehead atoms. The Morgan fingerprint density at radius 2 is 1.60 bits per heavy atom. The lowest BCUT2D eigenvalue weighted by molar-refractivity contribution is 0.383. The fraction of sp³-hybridized carbons (Fsp3) is 0.182. The standard InChI is InChI=1S/C22H20N2O/c1-14-8-10-19-18-11-9-16-6-4-5-7-17(16)21(18)25-22(19)20(14)24-13-12-23(3)15(24)2/h4-13,15H,1-3H3. The van der Waals surface area contributed by atoms with E-state index >= 15 is 0 Å². The van der Waals surface area contributed by atoms with Crippen LogP contribution < -0.4 is 4.90 Å². The summed E-state index contributed by atoms with van der Waals surface area (Å²) in [4.78, 5) is 4.50. The molecule has 1 atom stereocenters. The first-order chi connectivity index (χ1) is 12.1. The summed E-state index contributed by atoms with van der Waals surface area (Å²) in [7, 11) is 2.10. The number of fused-ring (bicyclic) bond motifs is 5. The Morgan fingerprint density at radius 1 is 0.840 bits per heavy atom. The minimum Gasteiger partial charge on any atom is -0.453 e. The maximum absolute atomic E-state index is 6.48. The van der Waals surface area contributed by atoms with Crippen LogP contribution in [0.25, 0.3) is 32.7 Å². The van der Waals surface area contributed by atoms with Crippen LogP contribution in [-0.2, 0) is 0 Å². The fourth-order valence-corrected chi connectivity index (χ4v) is 3.86. The predicted octanol–water partition coefficient (Wildman–Crippen LogP) is 5.62. The average molecular weight is 328 g/mol. The van der Waals surface area contributed by atoms with Gasteiger partial charge in [-0.25, -0.2) is 0 Å². The number of rotatable bonds is 1. The van der Waals surface area contributed by atoms with Crippen molar-refractivity contribution < 1.29 is 4.42 Å². The van der Waals surface area contributed by atoms with E-state index in [1.807, 2.05) is 0 Å². The summed E-state index contributed by atoms with van der Waals surface area (Å²) < 4.78 is 6.48. The predicted molar refractivity (Wildman–Crippen MR) is 105 cm³/mol. The third kappa shape index (κ3) is 1.92. The van der Waals surface area contributed by atoms with Crippen LogP contribution in [0, 0.1) is 6.92 Å². The molecule has 4 aromatic rings. The molecule has 3 heteroatoms. The molecule has 0 saturated carbocycles. The molecule has 0 aliphatic carbocycles. The van der Waals surface area contributed by atoms with Crippen LogP contribution in [0.4, 0.5) is 5.69 Å². The first kappa shape index (κ1) is 14.4. The van der Waals surface area contributed by atoms with Crippen LogP contribution in [0.5, 0.6) is 0 Å². The van der Waals surface area contributed by atoms with Gasteiger partial charge in [-0.3, -0.25) is 0 Å². The molecule has 1 unspecified atom stereocenters. The van der Waals surface area contributed by atoms with Crippen molar-refractivity contribution in [2.24, 2.45) is 0 Å². The molecular weight excluding hydrogens is 308 g/mol. The Labute approximate surface area is 146 Å². The SMILES string of the molecule is Cc1ccc2c(oc3c4ccccc4ccc23)c1N1C=CN(C)C1C. The summed E-state index contributed by atoms with van der Waals surface area (Å²) in [6, 6.07) is 17.1. The van der Waals surface area contributed by atoms with Crippen LogP contribution in [0.1, 0.15) is 12.5 Å². The molecule has 0 amide bonds. The molecule has 1 aliphatic rings. The Kier molecular flexibility index (Phi) is 2.90. The highest BCUT2D eigenvalue weighted by molar-refractivity contribution is 6.17. The number of hydrogen-bond donors (Lipinski definition) is 0. The van der Waals surface area contributed by atoms with E-state index in [4.69, 9.17) is 4.42 Å². The topological polar surface area (TPSA) is 19.6 Å². The molecule has 0 spiro atoms. The molecular formula is C22H20N2O. The lowest BCUT2D eigenvalue weighted by Crippen LogP contribution is -2.33. The van der Waals surface area contributed by atoms with E-state index in [0.29, 0.717) is 0 Å². The zero-order valence-corrected chi connectivity index (χ0v) is 14.7. The normalized spacial score (nSPS) is 17.5. The van der Waals surface area contributed by atoms with E-state index in [0.717, 1.165) is 16.9 Å². The first-order valence-corrected chi connectivity index (χ1v) is 8.67. The second-order valence-electron chi connectivity index (χ2n) is 6.88. The van der Waals surface area contributed by atoms with Gasteiger partial charge in [0.25, 0.3) is 0 Å². The van der Waals surface area contributed by atoms with Gasteiger partial charge < -0.3 is 14.2 Å². The molecule has 3 nitrogen and oxygen atoms in total. The van der Waals surface area contributed by atoms with E-state index in [-0.39, 0.29) is 6.17 Å². The number of nitrogens with zero attached hydrogens (tertiary/aromatic N) is 2. The van der Waals surface area contributed by atoms with Crippen molar-refractivity contribution in [3.05, 3.63) is 66.5 Å². The fourth-order valence-electron chi connectivity index (χ4n) is 3.86. The second kappa shape index (κ2) is 5.03. The molecule has 2 heterocycles. The van der Waals surface area contributed by atoms with Crippen molar-refractivity contribution >= 4 is 38.4 Å². The van der Waals surface area contributed by atoms with Gasteiger partial charge in [0, 0.05) is 35.6 Å². The third-order valence-electron chi connectivity index (χ3n) is 5.42. The summed E-state index contributed by atoms with van der Waals surface area (Å²) in [6.45, 7) is 4.36. The lowest BCUT2D eigenvalue weighted by atomic mass is 10.0. The third-order valence-corrected chi connectivity index (χ3v) is 5.42. The van der Waals surface area contributed by atoms with Crippen molar-refractivity contribution in [1.29, 1.82) is 0 Å². The van der Waals surface area contributed by atoms with Crippen molar-refractivity contribution in [3.8, 4) is 0 Å². The van der Waals surface area contributed by atoms with Gasteiger partial charge >= 0.3 is 0 Å². The highest BCUT2D eigenvalue weighted by Gasteiger charge is 2.25. The molecule has 0 saturated heterocycles. The van der Waals surface area contributed by atoms with Gasteiger partial charge in [0.1, 0.15) is 11.7 Å². The zero-order chi connectivity index (χ0) is 17.1.